The summed E-state index contributed by atoms with van der Waals surface area (Å²) in [6.45, 7) is 4.38. The molecule has 0 spiro atoms. The van der Waals surface area contributed by atoms with Gasteiger partial charge in [-0.3, -0.25) is 0 Å². The third-order valence-electron chi connectivity index (χ3n) is 2.72. The lowest BCUT2D eigenvalue weighted by Crippen LogP contribution is -2.28. The smallest absolute Gasteiger partial charge is 0.211 e. The highest BCUT2D eigenvalue weighted by Gasteiger charge is 2.09. The molecule has 1 rings (SSSR count). The lowest BCUT2D eigenvalue weighted by atomic mass is 10.3. The van der Waals surface area contributed by atoms with Gasteiger partial charge in [-0.2, -0.15) is 0 Å². The normalized spacial score (nSPS) is 11.8. The highest BCUT2D eigenvalue weighted by Crippen LogP contribution is 2.00. The number of unbranched alkanes of at least 4 members (excludes halogenated alkanes) is 1. The molecule has 0 saturated carbocycles. The monoisotopic (exact) mass is 288 g/mol. The Balaban J connectivity index is 2.07. The van der Waals surface area contributed by atoms with Crippen LogP contribution in [0.25, 0.3) is 0 Å². The van der Waals surface area contributed by atoms with Gasteiger partial charge in [0.05, 0.1) is 12.0 Å². The summed E-state index contributed by atoms with van der Waals surface area (Å²) in [5.74, 6) is 0.991. The highest BCUT2D eigenvalue weighted by molar-refractivity contribution is 7.89. The standard InChI is InChI=1S/C13H24N2O3S/c1-2-8-14-9-3-4-12-19(16,17)15-10-7-13-6-5-11-18-13/h5-6,11,14-15H,2-4,7-10,12H2,1H3. The minimum atomic E-state index is -3.15. The predicted molar refractivity (Wildman–Crippen MR) is 76.6 cm³/mol. The van der Waals surface area contributed by atoms with Gasteiger partial charge in [-0.15, -0.1) is 0 Å². The molecule has 0 bridgehead atoms. The fourth-order valence-electron chi connectivity index (χ4n) is 1.70. The molecule has 2 N–H and O–H groups in total. The summed E-state index contributed by atoms with van der Waals surface area (Å²) < 4.78 is 31.1. The van der Waals surface area contributed by atoms with Crippen molar-refractivity contribution in [1.82, 2.24) is 10.0 Å². The SMILES string of the molecule is CCCNCCCCS(=O)(=O)NCCc1ccco1. The summed E-state index contributed by atoms with van der Waals surface area (Å²) in [6.07, 6.45) is 4.86. The molecule has 0 saturated heterocycles. The molecule has 0 aliphatic carbocycles. The van der Waals surface area contributed by atoms with Crippen molar-refractivity contribution in [2.24, 2.45) is 0 Å². The Morgan fingerprint density at radius 1 is 1.21 bits per heavy atom. The maximum absolute atomic E-state index is 11.7. The van der Waals surface area contributed by atoms with Crippen molar-refractivity contribution in [3.63, 3.8) is 0 Å². The average Bonchev–Trinajstić information content (AvgIpc) is 2.86. The molecule has 0 amide bonds. The van der Waals surface area contributed by atoms with Gasteiger partial charge in [-0.25, -0.2) is 13.1 Å². The highest BCUT2D eigenvalue weighted by atomic mass is 32.2. The number of furan rings is 1. The second-order valence-electron chi connectivity index (χ2n) is 4.50. The molecule has 0 fully saturated rings. The summed E-state index contributed by atoms with van der Waals surface area (Å²) in [5.41, 5.74) is 0. The molecule has 0 aliphatic heterocycles. The quantitative estimate of drug-likeness (QED) is 0.606. The van der Waals surface area contributed by atoms with Crippen LogP contribution in [0, 0.1) is 0 Å². The summed E-state index contributed by atoms with van der Waals surface area (Å²) >= 11 is 0. The second-order valence-corrected chi connectivity index (χ2v) is 6.43. The van der Waals surface area contributed by atoms with Crippen molar-refractivity contribution in [2.45, 2.75) is 32.6 Å². The fourth-order valence-corrected chi connectivity index (χ4v) is 2.84. The zero-order valence-corrected chi connectivity index (χ0v) is 12.3. The van der Waals surface area contributed by atoms with Gasteiger partial charge in [-0.1, -0.05) is 6.92 Å². The van der Waals surface area contributed by atoms with Crippen molar-refractivity contribution in [1.29, 1.82) is 0 Å². The Bertz CT molecular complexity index is 415. The van der Waals surface area contributed by atoms with Crippen LogP contribution in [-0.4, -0.2) is 33.8 Å². The van der Waals surface area contributed by atoms with E-state index in [2.05, 4.69) is 17.0 Å². The van der Waals surface area contributed by atoms with Crippen LogP contribution in [0.5, 0.6) is 0 Å². The van der Waals surface area contributed by atoms with Gasteiger partial charge < -0.3 is 9.73 Å². The first-order valence-corrected chi connectivity index (χ1v) is 8.49. The van der Waals surface area contributed by atoms with Gasteiger partial charge in [0.25, 0.3) is 0 Å². The third kappa shape index (κ3) is 8.02. The molecule has 0 radical (unpaired) electrons. The summed E-state index contributed by atoms with van der Waals surface area (Å²) in [7, 11) is -3.15. The van der Waals surface area contributed by atoms with Crippen LogP contribution < -0.4 is 10.0 Å². The van der Waals surface area contributed by atoms with Crippen molar-refractivity contribution in [3.05, 3.63) is 24.2 Å². The van der Waals surface area contributed by atoms with E-state index >= 15 is 0 Å². The molecule has 5 nitrogen and oxygen atoms in total. The molecule has 0 aliphatic rings. The van der Waals surface area contributed by atoms with E-state index in [1.165, 1.54) is 0 Å². The molecule has 1 aromatic rings. The van der Waals surface area contributed by atoms with E-state index in [1.807, 2.05) is 6.07 Å². The van der Waals surface area contributed by atoms with Crippen molar-refractivity contribution in [2.75, 3.05) is 25.4 Å². The van der Waals surface area contributed by atoms with Gasteiger partial charge in [0.15, 0.2) is 0 Å². The largest absolute Gasteiger partial charge is 0.469 e. The molecular formula is C13H24N2O3S. The lowest BCUT2D eigenvalue weighted by molar-refractivity contribution is 0.505. The van der Waals surface area contributed by atoms with Crippen LogP contribution in [0.2, 0.25) is 0 Å². The number of rotatable bonds is 11. The second kappa shape index (κ2) is 9.12. The van der Waals surface area contributed by atoms with E-state index < -0.39 is 10.0 Å². The zero-order chi connectivity index (χ0) is 14.0. The van der Waals surface area contributed by atoms with Crippen LogP contribution in [0.1, 0.15) is 31.9 Å². The van der Waals surface area contributed by atoms with Crippen LogP contribution in [0.4, 0.5) is 0 Å². The Hall–Kier alpha value is -0.850. The fraction of sp³-hybridized carbons (Fsp3) is 0.692. The summed E-state index contributed by atoms with van der Waals surface area (Å²) in [6, 6.07) is 3.64. The topological polar surface area (TPSA) is 71.3 Å². The first-order chi connectivity index (χ1) is 9.14. The number of sulfonamides is 1. The van der Waals surface area contributed by atoms with E-state index in [-0.39, 0.29) is 5.75 Å². The molecule has 110 valence electrons. The lowest BCUT2D eigenvalue weighted by Gasteiger charge is -2.06. The Kier molecular flexibility index (Phi) is 7.78. The molecule has 1 aromatic heterocycles. The van der Waals surface area contributed by atoms with E-state index in [0.717, 1.165) is 31.7 Å². The van der Waals surface area contributed by atoms with Crippen molar-refractivity contribution >= 4 is 10.0 Å². The number of hydrogen-bond donors (Lipinski definition) is 2. The van der Waals surface area contributed by atoms with E-state index in [9.17, 15) is 8.42 Å². The Labute approximate surface area is 115 Å². The summed E-state index contributed by atoms with van der Waals surface area (Å²) in [5, 5.41) is 3.26. The van der Waals surface area contributed by atoms with E-state index in [1.54, 1.807) is 12.3 Å². The van der Waals surface area contributed by atoms with Crippen molar-refractivity contribution < 1.29 is 12.8 Å². The van der Waals surface area contributed by atoms with Gasteiger partial charge in [0.1, 0.15) is 5.76 Å². The maximum Gasteiger partial charge on any atom is 0.211 e. The van der Waals surface area contributed by atoms with Crippen LogP contribution in [0.3, 0.4) is 0 Å². The molecule has 6 heteroatoms. The van der Waals surface area contributed by atoms with Crippen LogP contribution in [-0.2, 0) is 16.4 Å². The summed E-state index contributed by atoms with van der Waals surface area (Å²) in [4.78, 5) is 0. The third-order valence-corrected chi connectivity index (χ3v) is 4.19. The van der Waals surface area contributed by atoms with Crippen LogP contribution >= 0.6 is 0 Å². The maximum atomic E-state index is 11.7. The number of hydrogen-bond acceptors (Lipinski definition) is 4. The average molecular weight is 288 g/mol. The Morgan fingerprint density at radius 3 is 2.74 bits per heavy atom. The minimum Gasteiger partial charge on any atom is -0.469 e. The number of nitrogens with one attached hydrogen (secondary N) is 2. The van der Waals surface area contributed by atoms with Gasteiger partial charge in [-0.05, 0) is 44.5 Å². The first-order valence-electron chi connectivity index (χ1n) is 6.84. The molecule has 0 aromatic carbocycles. The van der Waals surface area contributed by atoms with Crippen LogP contribution in [0.15, 0.2) is 22.8 Å². The minimum absolute atomic E-state index is 0.193. The zero-order valence-electron chi connectivity index (χ0n) is 11.5. The van der Waals surface area contributed by atoms with E-state index in [0.29, 0.717) is 19.4 Å². The van der Waals surface area contributed by atoms with Gasteiger partial charge >= 0.3 is 0 Å². The van der Waals surface area contributed by atoms with E-state index in [4.69, 9.17) is 4.42 Å². The van der Waals surface area contributed by atoms with Gasteiger partial charge in [0.2, 0.25) is 10.0 Å². The first kappa shape index (κ1) is 16.2. The Morgan fingerprint density at radius 2 is 2.05 bits per heavy atom. The van der Waals surface area contributed by atoms with Crippen molar-refractivity contribution in [3.8, 4) is 0 Å². The van der Waals surface area contributed by atoms with Gasteiger partial charge in [0, 0.05) is 13.0 Å². The molecule has 19 heavy (non-hydrogen) atoms. The molecule has 0 atom stereocenters. The molecular weight excluding hydrogens is 264 g/mol. The molecule has 0 unspecified atom stereocenters. The predicted octanol–water partition coefficient (Wildman–Crippen LogP) is 1.52. The molecule has 1 heterocycles.